The largest absolute Gasteiger partial charge is 0.472 e. The Balaban J connectivity index is 1.94. The summed E-state index contributed by atoms with van der Waals surface area (Å²) in [5.41, 5.74) is 7.93. The lowest BCUT2D eigenvalue weighted by atomic mass is 10.2. The SMILES string of the molecule is NCCN(Cc1ccoc1)Cc1ccoc1. The lowest BCUT2D eigenvalue weighted by Crippen LogP contribution is -2.28. The van der Waals surface area contributed by atoms with Crippen molar-refractivity contribution in [3.63, 3.8) is 0 Å². The molecule has 4 nitrogen and oxygen atoms in total. The summed E-state index contributed by atoms with van der Waals surface area (Å²) >= 11 is 0. The second kappa shape index (κ2) is 5.53. The van der Waals surface area contributed by atoms with Gasteiger partial charge in [0.05, 0.1) is 25.1 Å². The average Bonchev–Trinajstić information content (AvgIpc) is 2.91. The number of rotatable bonds is 6. The van der Waals surface area contributed by atoms with E-state index in [2.05, 4.69) is 4.90 Å². The number of furan rings is 2. The van der Waals surface area contributed by atoms with Crippen molar-refractivity contribution in [2.45, 2.75) is 13.1 Å². The number of hydrogen-bond acceptors (Lipinski definition) is 4. The van der Waals surface area contributed by atoms with Crippen molar-refractivity contribution < 1.29 is 8.83 Å². The van der Waals surface area contributed by atoms with Gasteiger partial charge in [0, 0.05) is 37.3 Å². The molecular formula is C12H16N2O2. The fraction of sp³-hybridized carbons (Fsp3) is 0.333. The van der Waals surface area contributed by atoms with Crippen molar-refractivity contribution in [3.8, 4) is 0 Å². The third-order valence-corrected chi connectivity index (χ3v) is 2.42. The zero-order valence-corrected chi connectivity index (χ0v) is 9.13. The third kappa shape index (κ3) is 2.98. The topological polar surface area (TPSA) is 55.5 Å². The lowest BCUT2D eigenvalue weighted by Gasteiger charge is -2.19. The minimum atomic E-state index is 0.649. The van der Waals surface area contributed by atoms with Crippen molar-refractivity contribution >= 4 is 0 Å². The third-order valence-electron chi connectivity index (χ3n) is 2.42. The van der Waals surface area contributed by atoms with E-state index in [0.717, 1.165) is 30.8 Å². The van der Waals surface area contributed by atoms with Crippen LogP contribution in [0, 0.1) is 0 Å². The summed E-state index contributed by atoms with van der Waals surface area (Å²) in [5.74, 6) is 0. The monoisotopic (exact) mass is 220 g/mol. The Morgan fingerprint density at radius 3 is 1.94 bits per heavy atom. The minimum absolute atomic E-state index is 0.649. The first kappa shape index (κ1) is 11.0. The quantitative estimate of drug-likeness (QED) is 0.807. The van der Waals surface area contributed by atoms with Crippen LogP contribution in [-0.4, -0.2) is 18.0 Å². The summed E-state index contributed by atoms with van der Waals surface area (Å²) in [6, 6.07) is 3.94. The molecule has 0 aromatic carbocycles. The highest BCUT2D eigenvalue weighted by atomic mass is 16.3. The zero-order chi connectivity index (χ0) is 11.2. The van der Waals surface area contributed by atoms with Gasteiger partial charge in [-0.1, -0.05) is 0 Å². The Kier molecular flexibility index (Phi) is 3.80. The van der Waals surface area contributed by atoms with Gasteiger partial charge in [-0.05, 0) is 12.1 Å². The van der Waals surface area contributed by atoms with Crippen molar-refractivity contribution in [2.24, 2.45) is 5.73 Å². The molecule has 2 rings (SSSR count). The predicted octanol–water partition coefficient (Wildman–Crippen LogP) is 1.83. The van der Waals surface area contributed by atoms with Gasteiger partial charge in [0.1, 0.15) is 0 Å². The molecule has 0 aliphatic heterocycles. The molecule has 0 saturated heterocycles. The minimum Gasteiger partial charge on any atom is -0.472 e. The Bertz CT molecular complexity index is 345. The number of hydrogen-bond donors (Lipinski definition) is 1. The van der Waals surface area contributed by atoms with Crippen LogP contribution in [0.3, 0.4) is 0 Å². The van der Waals surface area contributed by atoms with Crippen molar-refractivity contribution in [1.82, 2.24) is 4.90 Å². The molecule has 16 heavy (non-hydrogen) atoms. The standard InChI is InChI=1S/C12H16N2O2/c13-3-4-14(7-11-1-5-15-9-11)8-12-2-6-16-10-12/h1-2,5-6,9-10H,3-4,7-8,13H2. The summed E-state index contributed by atoms with van der Waals surface area (Å²) in [6.07, 6.45) is 6.90. The van der Waals surface area contributed by atoms with Gasteiger partial charge in [0.15, 0.2) is 0 Å². The lowest BCUT2D eigenvalue weighted by molar-refractivity contribution is 0.263. The molecule has 2 heterocycles. The maximum absolute atomic E-state index is 5.60. The maximum Gasteiger partial charge on any atom is 0.0947 e. The smallest absolute Gasteiger partial charge is 0.0947 e. The molecule has 2 N–H and O–H groups in total. The summed E-state index contributed by atoms with van der Waals surface area (Å²) in [6.45, 7) is 3.20. The fourth-order valence-electron chi connectivity index (χ4n) is 1.68. The summed E-state index contributed by atoms with van der Waals surface area (Å²) in [7, 11) is 0. The zero-order valence-electron chi connectivity index (χ0n) is 9.13. The Morgan fingerprint density at radius 1 is 1.00 bits per heavy atom. The van der Waals surface area contributed by atoms with Gasteiger partial charge in [-0.3, -0.25) is 4.90 Å². The van der Waals surface area contributed by atoms with Gasteiger partial charge in [0.25, 0.3) is 0 Å². The maximum atomic E-state index is 5.60. The first-order chi connectivity index (χ1) is 7.88. The van der Waals surface area contributed by atoms with Gasteiger partial charge in [-0.25, -0.2) is 0 Å². The van der Waals surface area contributed by atoms with E-state index in [1.807, 2.05) is 12.1 Å². The molecule has 0 bridgehead atoms. The van der Waals surface area contributed by atoms with E-state index in [4.69, 9.17) is 14.6 Å². The van der Waals surface area contributed by atoms with Gasteiger partial charge in [0.2, 0.25) is 0 Å². The molecule has 2 aromatic heterocycles. The molecule has 4 heteroatoms. The van der Waals surface area contributed by atoms with E-state index in [1.54, 1.807) is 25.1 Å². The molecular weight excluding hydrogens is 204 g/mol. The molecule has 0 radical (unpaired) electrons. The molecule has 0 saturated carbocycles. The Morgan fingerprint density at radius 2 is 1.56 bits per heavy atom. The summed E-state index contributed by atoms with van der Waals surface area (Å²) in [4.78, 5) is 2.26. The van der Waals surface area contributed by atoms with Crippen LogP contribution in [0.1, 0.15) is 11.1 Å². The van der Waals surface area contributed by atoms with E-state index < -0.39 is 0 Å². The van der Waals surface area contributed by atoms with Crippen LogP contribution < -0.4 is 5.73 Å². The molecule has 86 valence electrons. The number of nitrogens with two attached hydrogens (primary N) is 1. The normalized spacial score (nSPS) is 11.1. The molecule has 0 spiro atoms. The first-order valence-corrected chi connectivity index (χ1v) is 5.33. The molecule has 0 unspecified atom stereocenters. The molecule has 0 aliphatic rings. The van der Waals surface area contributed by atoms with Crippen LogP contribution in [0.4, 0.5) is 0 Å². The van der Waals surface area contributed by atoms with Crippen LogP contribution in [0.25, 0.3) is 0 Å². The van der Waals surface area contributed by atoms with Crippen LogP contribution in [0.5, 0.6) is 0 Å². The Hall–Kier alpha value is -1.52. The number of nitrogens with zero attached hydrogens (tertiary/aromatic N) is 1. The highest BCUT2D eigenvalue weighted by Gasteiger charge is 2.07. The van der Waals surface area contributed by atoms with Gasteiger partial charge in [-0.2, -0.15) is 0 Å². The predicted molar refractivity (Wildman–Crippen MR) is 60.6 cm³/mol. The first-order valence-electron chi connectivity index (χ1n) is 5.33. The second-order valence-electron chi connectivity index (χ2n) is 3.76. The molecule has 2 aromatic rings. The highest BCUT2D eigenvalue weighted by molar-refractivity contribution is 5.08. The highest BCUT2D eigenvalue weighted by Crippen LogP contribution is 2.10. The van der Waals surface area contributed by atoms with E-state index in [1.165, 1.54) is 0 Å². The van der Waals surface area contributed by atoms with Gasteiger partial charge in [-0.15, -0.1) is 0 Å². The van der Waals surface area contributed by atoms with Gasteiger partial charge < -0.3 is 14.6 Å². The van der Waals surface area contributed by atoms with Crippen LogP contribution >= 0.6 is 0 Å². The van der Waals surface area contributed by atoms with Crippen LogP contribution in [0.15, 0.2) is 46.0 Å². The van der Waals surface area contributed by atoms with Crippen molar-refractivity contribution in [2.75, 3.05) is 13.1 Å². The van der Waals surface area contributed by atoms with E-state index in [0.29, 0.717) is 6.54 Å². The Labute approximate surface area is 94.6 Å². The fourth-order valence-corrected chi connectivity index (χ4v) is 1.68. The average molecular weight is 220 g/mol. The van der Waals surface area contributed by atoms with E-state index in [-0.39, 0.29) is 0 Å². The summed E-state index contributed by atoms with van der Waals surface area (Å²) in [5, 5.41) is 0. The van der Waals surface area contributed by atoms with E-state index in [9.17, 15) is 0 Å². The van der Waals surface area contributed by atoms with E-state index >= 15 is 0 Å². The van der Waals surface area contributed by atoms with Crippen molar-refractivity contribution in [3.05, 3.63) is 48.3 Å². The van der Waals surface area contributed by atoms with Crippen LogP contribution in [-0.2, 0) is 13.1 Å². The molecule has 0 fully saturated rings. The molecule has 0 amide bonds. The van der Waals surface area contributed by atoms with Crippen LogP contribution in [0.2, 0.25) is 0 Å². The molecule has 0 aliphatic carbocycles. The molecule has 0 atom stereocenters. The van der Waals surface area contributed by atoms with Gasteiger partial charge >= 0.3 is 0 Å². The second-order valence-corrected chi connectivity index (χ2v) is 3.76. The van der Waals surface area contributed by atoms with Crippen molar-refractivity contribution in [1.29, 1.82) is 0 Å². The summed E-state index contributed by atoms with van der Waals surface area (Å²) < 4.78 is 10.1.